The SMILES string of the molecule is Nc1cc(C2COCCN2)ccc1Cl. The first kappa shape index (κ1) is 9.77. The monoisotopic (exact) mass is 212 g/mol. The summed E-state index contributed by atoms with van der Waals surface area (Å²) in [7, 11) is 0. The van der Waals surface area contributed by atoms with Gasteiger partial charge in [0.1, 0.15) is 0 Å². The second kappa shape index (κ2) is 4.17. The van der Waals surface area contributed by atoms with E-state index in [1.807, 2.05) is 18.2 Å². The van der Waals surface area contributed by atoms with Gasteiger partial charge < -0.3 is 15.8 Å². The molecule has 0 saturated carbocycles. The van der Waals surface area contributed by atoms with Gasteiger partial charge in [-0.3, -0.25) is 0 Å². The Morgan fingerprint density at radius 1 is 1.50 bits per heavy atom. The molecule has 0 spiro atoms. The number of nitrogens with two attached hydrogens (primary N) is 1. The summed E-state index contributed by atoms with van der Waals surface area (Å²) in [4.78, 5) is 0. The highest BCUT2D eigenvalue weighted by molar-refractivity contribution is 6.33. The largest absolute Gasteiger partial charge is 0.398 e. The zero-order valence-electron chi connectivity index (χ0n) is 7.79. The van der Waals surface area contributed by atoms with E-state index < -0.39 is 0 Å². The van der Waals surface area contributed by atoms with E-state index in [-0.39, 0.29) is 6.04 Å². The first-order valence-electron chi connectivity index (χ1n) is 4.63. The molecule has 0 radical (unpaired) electrons. The van der Waals surface area contributed by atoms with E-state index in [2.05, 4.69) is 5.32 Å². The van der Waals surface area contributed by atoms with E-state index in [4.69, 9.17) is 22.1 Å². The lowest BCUT2D eigenvalue weighted by atomic mass is 10.1. The third-order valence-electron chi connectivity index (χ3n) is 2.34. The summed E-state index contributed by atoms with van der Waals surface area (Å²) in [5, 5.41) is 3.96. The van der Waals surface area contributed by atoms with Gasteiger partial charge in [-0.1, -0.05) is 17.7 Å². The Morgan fingerprint density at radius 2 is 2.36 bits per heavy atom. The molecule has 0 aliphatic carbocycles. The molecular weight excluding hydrogens is 200 g/mol. The van der Waals surface area contributed by atoms with E-state index in [0.717, 1.165) is 18.7 Å². The minimum atomic E-state index is 0.239. The lowest BCUT2D eigenvalue weighted by Gasteiger charge is -2.24. The number of hydrogen-bond donors (Lipinski definition) is 2. The molecule has 1 unspecified atom stereocenters. The van der Waals surface area contributed by atoms with Crippen LogP contribution in [-0.2, 0) is 4.74 Å². The molecule has 0 bridgehead atoms. The summed E-state index contributed by atoms with van der Waals surface area (Å²) in [6.07, 6.45) is 0. The van der Waals surface area contributed by atoms with Crippen LogP contribution < -0.4 is 11.1 Å². The van der Waals surface area contributed by atoms with Crippen LogP contribution in [-0.4, -0.2) is 19.8 Å². The van der Waals surface area contributed by atoms with Gasteiger partial charge in [0.05, 0.1) is 30.0 Å². The molecule has 3 nitrogen and oxygen atoms in total. The van der Waals surface area contributed by atoms with Crippen molar-refractivity contribution in [1.29, 1.82) is 0 Å². The van der Waals surface area contributed by atoms with Gasteiger partial charge in [0, 0.05) is 6.54 Å². The van der Waals surface area contributed by atoms with Gasteiger partial charge in [-0.2, -0.15) is 0 Å². The van der Waals surface area contributed by atoms with Gasteiger partial charge in [-0.25, -0.2) is 0 Å². The van der Waals surface area contributed by atoms with Crippen LogP contribution in [0.2, 0.25) is 5.02 Å². The molecule has 2 rings (SSSR count). The van der Waals surface area contributed by atoms with Crippen LogP contribution in [0.4, 0.5) is 5.69 Å². The van der Waals surface area contributed by atoms with Gasteiger partial charge in [-0.05, 0) is 17.7 Å². The van der Waals surface area contributed by atoms with Gasteiger partial charge in [0.2, 0.25) is 0 Å². The average Bonchev–Trinajstić information content (AvgIpc) is 2.23. The maximum Gasteiger partial charge on any atom is 0.0662 e. The summed E-state index contributed by atoms with van der Waals surface area (Å²) in [6, 6.07) is 5.94. The minimum absolute atomic E-state index is 0.239. The zero-order chi connectivity index (χ0) is 9.97. The Labute approximate surface area is 88.2 Å². The summed E-state index contributed by atoms with van der Waals surface area (Å²) in [5.41, 5.74) is 7.48. The highest BCUT2D eigenvalue weighted by Gasteiger charge is 2.15. The normalized spacial score (nSPS) is 22.2. The number of benzene rings is 1. The molecule has 1 saturated heterocycles. The number of halogens is 1. The van der Waals surface area contributed by atoms with Gasteiger partial charge >= 0.3 is 0 Å². The van der Waals surface area contributed by atoms with E-state index in [9.17, 15) is 0 Å². The summed E-state index contributed by atoms with van der Waals surface area (Å²) >= 11 is 5.84. The van der Waals surface area contributed by atoms with Crippen LogP contribution >= 0.6 is 11.6 Å². The molecule has 1 fully saturated rings. The fourth-order valence-electron chi connectivity index (χ4n) is 1.56. The van der Waals surface area contributed by atoms with Crippen LogP contribution in [0.25, 0.3) is 0 Å². The predicted molar refractivity (Wildman–Crippen MR) is 57.4 cm³/mol. The number of nitrogens with one attached hydrogen (secondary N) is 1. The zero-order valence-corrected chi connectivity index (χ0v) is 8.55. The molecule has 76 valence electrons. The highest BCUT2D eigenvalue weighted by atomic mass is 35.5. The Hall–Kier alpha value is -0.770. The molecule has 1 aromatic carbocycles. The van der Waals surface area contributed by atoms with Crippen molar-refractivity contribution in [3.8, 4) is 0 Å². The lowest BCUT2D eigenvalue weighted by Crippen LogP contribution is -2.34. The highest BCUT2D eigenvalue weighted by Crippen LogP contribution is 2.24. The van der Waals surface area contributed by atoms with Crippen molar-refractivity contribution in [3.63, 3.8) is 0 Å². The third-order valence-corrected chi connectivity index (χ3v) is 2.69. The average molecular weight is 213 g/mol. The molecule has 1 aliphatic rings. The standard InChI is InChI=1S/C10H13ClN2O/c11-8-2-1-7(5-9(8)12)10-6-14-4-3-13-10/h1-2,5,10,13H,3-4,6,12H2. The maximum atomic E-state index is 5.84. The first-order chi connectivity index (χ1) is 6.77. The Bertz CT molecular complexity index is 324. The molecular formula is C10H13ClN2O. The van der Waals surface area contributed by atoms with Crippen molar-refractivity contribution in [1.82, 2.24) is 5.32 Å². The molecule has 0 aromatic heterocycles. The van der Waals surface area contributed by atoms with Crippen LogP contribution in [0.15, 0.2) is 18.2 Å². The molecule has 0 amide bonds. The van der Waals surface area contributed by atoms with Gasteiger partial charge in [-0.15, -0.1) is 0 Å². The molecule has 3 N–H and O–H groups in total. The Kier molecular flexibility index (Phi) is 2.91. The number of nitrogen functional groups attached to an aromatic ring is 1. The van der Waals surface area contributed by atoms with Crippen LogP contribution in [0, 0.1) is 0 Å². The number of morpholine rings is 1. The molecule has 1 heterocycles. The molecule has 1 aliphatic heterocycles. The molecule has 4 heteroatoms. The topological polar surface area (TPSA) is 47.3 Å². The van der Waals surface area contributed by atoms with Crippen LogP contribution in [0.3, 0.4) is 0 Å². The predicted octanol–water partition coefficient (Wildman–Crippen LogP) is 1.58. The number of ether oxygens (including phenoxy) is 1. The van der Waals surface area contributed by atoms with E-state index in [1.54, 1.807) is 0 Å². The fraction of sp³-hybridized carbons (Fsp3) is 0.400. The van der Waals surface area contributed by atoms with Gasteiger partial charge in [0.15, 0.2) is 0 Å². The van der Waals surface area contributed by atoms with Crippen molar-refractivity contribution in [2.45, 2.75) is 6.04 Å². The third kappa shape index (κ3) is 2.00. The van der Waals surface area contributed by atoms with E-state index >= 15 is 0 Å². The number of anilines is 1. The second-order valence-corrected chi connectivity index (χ2v) is 3.77. The summed E-state index contributed by atoms with van der Waals surface area (Å²) in [6.45, 7) is 2.36. The van der Waals surface area contributed by atoms with E-state index in [0.29, 0.717) is 17.3 Å². The van der Waals surface area contributed by atoms with Crippen molar-refractivity contribution < 1.29 is 4.74 Å². The fourth-order valence-corrected chi connectivity index (χ4v) is 1.68. The smallest absolute Gasteiger partial charge is 0.0662 e. The second-order valence-electron chi connectivity index (χ2n) is 3.36. The van der Waals surface area contributed by atoms with Crippen molar-refractivity contribution in [2.75, 3.05) is 25.5 Å². The molecule has 1 aromatic rings. The Morgan fingerprint density at radius 3 is 3.00 bits per heavy atom. The van der Waals surface area contributed by atoms with E-state index in [1.165, 1.54) is 0 Å². The first-order valence-corrected chi connectivity index (χ1v) is 5.01. The lowest BCUT2D eigenvalue weighted by molar-refractivity contribution is 0.0769. The van der Waals surface area contributed by atoms with Crippen LogP contribution in [0.5, 0.6) is 0 Å². The minimum Gasteiger partial charge on any atom is -0.398 e. The maximum absolute atomic E-state index is 5.84. The van der Waals surface area contributed by atoms with Crippen molar-refractivity contribution >= 4 is 17.3 Å². The van der Waals surface area contributed by atoms with Crippen molar-refractivity contribution in [3.05, 3.63) is 28.8 Å². The molecule has 14 heavy (non-hydrogen) atoms. The van der Waals surface area contributed by atoms with Crippen molar-refractivity contribution in [2.24, 2.45) is 0 Å². The summed E-state index contributed by atoms with van der Waals surface area (Å²) < 4.78 is 5.37. The number of hydrogen-bond acceptors (Lipinski definition) is 3. The summed E-state index contributed by atoms with van der Waals surface area (Å²) in [5.74, 6) is 0. The van der Waals surface area contributed by atoms with Crippen LogP contribution in [0.1, 0.15) is 11.6 Å². The Balaban J connectivity index is 2.18. The quantitative estimate of drug-likeness (QED) is 0.695. The molecule has 1 atom stereocenters. The van der Waals surface area contributed by atoms with Gasteiger partial charge in [0.25, 0.3) is 0 Å². The number of rotatable bonds is 1.